The normalized spacial score (nSPS) is 28.7. The molecule has 3 aliphatic heterocycles. The van der Waals surface area contributed by atoms with Crippen LogP contribution in [0.25, 0.3) is 0 Å². The Morgan fingerprint density at radius 2 is 0.778 bits per heavy atom. The van der Waals surface area contributed by atoms with Gasteiger partial charge in [0, 0.05) is 6.42 Å². The van der Waals surface area contributed by atoms with Crippen LogP contribution in [0, 0.1) is 0 Å². The number of carbonyl (C=O) groups is 1. The second-order valence-electron chi connectivity index (χ2n) is 24.3. The second kappa shape index (κ2) is 52.0. The summed E-state index contributed by atoms with van der Waals surface area (Å²) in [5.41, 5.74) is 0. The summed E-state index contributed by atoms with van der Waals surface area (Å²) in [4.78, 5) is 13.3. The molecule has 3 rings (SSSR count). The predicted molar refractivity (Wildman–Crippen MR) is 351 cm³/mol. The SMILES string of the molecule is CC/C=C\C/C=C\C/C=C\C/C=C\C/C=C\CC(=O)NC(COC1OC(CO)C(OC2OC(CO)C(OC3OC(CO)C(O)C(O)C3O)C(O)C2O)C(O)C1O)C(O)/C=C/CC/C=C/CC/C=C/CCCCCCCCCCCCCCCCCCCCCC. The topological polar surface area (TPSA) is 307 Å². The lowest BCUT2D eigenvalue weighted by Crippen LogP contribution is -2.66. The molecule has 0 aromatic carbocycles. The molecule has 0 bridgehead atoms. The fraction of sp³-hybridized carbons (Fsp3) is 0.761. The Bertz CT molecular complexity index is 2010. The zero-order valence-electron chi connectivity index (χ0n) is 54.6. The van der Waals surface area contributed by atoms with Gasteiger partial charge in [-0.3, -0.25) is 4.79 Å². The first-order valence-electron chi connectivity index (χ1n) is 34.5. The Balaban J connectivity index is 1.45. The van der Waals surface area contributed by atoms with Crippen LogP contribution in [0.1, 0.15) is 213 Å². The van der Waals surface area contributed by atoms with Crippen LogP contribution in [0.4, 0.5) is 0 Å². The van der Waals surface area contributed by atoms with Gasteiger partial charge in [-0.25, -0.2) is 0 Å². The smallest absolute Gasteiger partial charge is 0.224 e. The zero-order valence-corrected chi connectivity index (χ0v) is 54.6. The van der Waals surface area contributed by atoms with Crippen LogP contribution in [0.15, 0.2) is 97.2 Å². The van der Waals surface area contributed by atoms with Crippen LogP contribution in [-0.2, 0) is 33.2 Å². The molecule has 3 heterocycles. The summed E-state index contributed by atoms with van der Waals surface area (Å²) < 4.78 is 34.2. The number of ether oxygens (including phenoxy) is 6. The minimum Gasteiger partial charge on any atom is -0.394 e. The first kappa shape index (κ1) is 80.9. The monoisotopic (exact) mass is 1280 g/mol. The highest BCUT2D eigenvalue weighted by molar-refractivity contribution is 5.77. The summed E-state index contributed by atoms with van der Waals surface area (Å²) in [5.74, 6) is -0.419. The Morgan fingerprint density at radius 1 is 0.411 bits per heavy atom. The van der Waals surface area contributed by atoms with E-state index >= 15 is 0 Å². The fourth-order valence-corrected chi connectivity index (χ4v) is 11.1. The number of rotatable bonds is 51. The van der Waals surface area contributed by atoms with Crippen LogP contribution in [-0.4, -0.2) is 193 Å². The molecule has 0 aromatic heterocycles. The van der Waals surface area contributed by atoms with E-state index in [9.17, 15) is 61.0 Å². The number of carbonyl (C=O) groups excluding carboxylic acids is 1. The molecule has 19 nitrogen and oxygen atoms in total. The van der Waals surface area contributed by atoms with Gasteiger partial charge in [0.1, 0.15) is 73.2 Å². The summed E-state index contributed by atoms with van der Waals surface area (Å²) in [5, 5.41) is 120. The Labute approximate surface area is 539 Å². The van der Waals surface area contributed by atoms with Crippen molar-refractivity contribution in [2.24, 2.45) is 0 Å². The van der Waals surface area contributed by atoms with Gasteiger partial charge in [-0.2, -0.15) is 0 Å². The molecule has 3 aliphatic rings. The highest BCUT2D eigenvalue weighted by Gasteiger charge is 2.53. The average molecular weight is 1280 g/mol. The van der Waals surface area contributed by atoms with E-state index in [0.717, 1.165) is 51.4 Å². The third kappa shape index (κ3) is 33.7. The summed E-state index contributed by atoms with van der Waals surface area (Å²) >= 11 is 0. The van der Waals surface area contributed by atoms with Crippen molar-refractivity contribution in [3.8, 4) is 0 Å². The van der Waals surface area contributed by atoms with E-state index in [0.29, 0.717) is 12.8 Å². The quantitative estimate of drug-likeness (QED) is 0.0200. The molecule has 0 spiro atoms. The van der Waals surface area contributed by atoms with Crippen molar-refractivity contribution in [3.63, 3.8) is 0 Å². The molecule has 0 saturated carbocycles. The maximum Gasteiger partial charge on any atom is 0.224 e. The van der Waals surface area contributed by atoms with Crippen molar-refractivity contribution in [3.05, 3.63) is 97.2 Å². The third-order valence-electron chi connectivity index (χ3n) is 16.6. The molecule has 518 valence electrons. The fourth-order valence-electron chi connectivity index (χ4n) is 11.1. The number of aliphatic hydroxyl groups excluding tert-OH is 11. The number of hydrogen-bond donors (Lipinski definition) is 12. The molecule has 19 heteroatoms. The maximum atomic E-state index is 13.3. The largest absolute Gasteiger partial charge is 0.394 e. The van der Waals surface area contributed by atoms with Crippen LogP contribution in [0.5, 0.6) is 0 Å². The molecule has 3 saturated heterocycles. The zero-order chi connectivity index (χ0) is 65.4. The Morgan fingerprint density at radius 3 is 1.22 bits per heavy atom. The molecule has 1 amide bonds. The summed E-state index contributed by atoms with van der Waals surface area (Å²) in [7, 11) is 0. The molecule has 90 heavy (non-hydrogen) atoms. The van der Waals surface area contributed by atoms with Gasteiger partial charge in [0.2, 0.25) is 5.91 Å². The minimum atomic E-state index is -2.00. The number of allylic oxidation sites excluding steroid dienone is 14. The number of hydrogen-bond acceptors (Lipinski definition) is 18. The van der Waals surface area contributed by atoms with E-state index in [1.807, 2.05) is 24.3 Å². The van der Waals surface area contributed by atoms with Crippen LogP contribution in [0.3, 0.4) is 0 Å². The molecule has 0 radical (unpaired) electrons. The van der Waals surface area contributed by atoms with Crippen molar-refractivity contribution in [2.45, 2.75) is 317 Å². The maximum absolute atomic E-state index is 13.3. The van der Waals surface area contributed by atoms with Gasteiger partial charge in [-0.05, 0) is 70.6 Å². The lowest BCUT2D eigenvalue weighted by atomic mass is 9.96. The van der Waals surface area contributed by atoms with Gasteiger partial charge in [-0.15, -0.1) is 0 Å². The molecule has 17 unspecified atom stereocenters. The summed E-state index contributed by atoms with van der Waals surface area (Å²) in [6, 6.07) is -1.06. The Kier molecular flexibility index (Phi) is 46.8. The minimum absolute atomic E-state index is 0.00546. The number of nitrogens with one attached hydrogen (secondary N) is 1. The lowest BCUT2D eigenvalue weighted by Gasteiger charge is -2.48. The third-order valence-corrected chi connectivity index (χ3v) is 16.6. The molecule has 0 aromatic rings. The number of aliphatic hydroxyl groups is 11. The van der Waals surface area contributed by atoms with Crippen molar-refractivity contribution < 1.29 is 89.4 Å². The molecule has 0 aliphatic carbocycles. The summed E-state index contributed by atoms with van der Waals surface area (Å²) in [6.45, 7) is 1.51. The van der Waals surface area contributed by atoms with E-state index in [1.165, 1.54) is 128 Å². The van der Waals surface area contributed by atoms with E-state index in [1.54, 1.807) is 12.2 Å². The second-order valence-corrected chi connectivity index (χ2v) is 24.3. The Hall–Kier alpha value is -3.29. The molecule has 17 atom stereocenters. The number of amides is 1. The first-order chi connectivity index (χ1) is 43.8. The van der Waals surface area contributed by atoms with Crippen LogP contribution >= 0.6 is 0 Å². The van der Waals surface area contributed by atoms with Gasteiger partial charge in [0.15, 0.2) is 18.9 Å². The molecular weight excluding hydrogens is 1150 g/mol. The molecule has 3 fully saturated rings. The van der Waals surface area contributed by atoms with Crippen LogP contribution < -0.4 is 5.32 Å². The van der Waals surface area contributed by atoms with Crippen molar-refractivity contribution in [2.75, 3.05) is 26.4 Å². The summed E-state index contributed by atoms with van der Waals surface area (Å²) in [6.07, 6.45) is 41.6. The molecule has 12 N–H and O–H groups in total. The van der Waals surface area contributed by atoms with Gasteiger partial charge in [0.05, 0.1) is 38.6 Å². The van der Waals surface area contributed by atoms with Crippen LogP contribution in [0.2, 0.25) is 0 Å². The van der Waals surface area contributed by atoms with E-state index in [2.05, 4.69) is 79.9 Å². The number of unbranched alkanes of at least 4 members (excludes halogenated alkanes) is 22. The standard InChI is InChI=1S/C71H121NO18/c1-3-5-7-9-11-13-15-17-19-20-21-22-23-24-25-26-27-28-29-30-31-32-33-35-36-38-40-42-44-46-48-55(76)54(72-59(77)49-47-45-43-41-39-37-34-18-16-14-12-10-8-6-4-2)53-85-69-65(83)62(80)67(57(51-74)87-69)90-71-66(84)63(81)68(58(52-75)88-71)89-70-64(82)61(79)60(78)56(50-73)86-70/h6,8,12,14,18,32-34,38-41,45-48,54-58,60-71,73-76,78-84H,3-5,7,9-11,13,15-17,19-31,35-37,42-44,49-53H2,1-2H3,(H,72,77)/b8-6-,14-12-,33-32+,34-18-,40-38+,41-39-,47-45-,48-46+. The highest BCUT2D eigenvalue weighted by atomic mass is 16.8. The van der Waals surface area contributed by atoms with Crippen molar-refractivity contribution >= 4 is 5.91 Å². The van der Waals surface area contributed by atoms with Gasteiger partial charge < -0.3 is 89.9 Å². The highest BCUT2D eigenvalue weighted by Crippen LogP contribution is 2.33. The average Bonchev–Trinajstić information content (AvgIpc) is 0.866. The van der Waals surface area contributed by atoms with Gasteiger partial charge in [0.25, 0.3) is 0 Å². The van der Waals surface area contributed by atoms with E-state index < -0.39 is 137 Å². The predicted octanol–water partition coefficient (Wildman–Crippen LogP) is 8.88. The van der Waals surface area contributed by atoms with Gasteiger partial charge in [-0.1, -0.05) is 233 Å². The first-order valence-corrected chi connectivity index (χ1v) is 34.5. The van der Waals surface area contributed by atoms with Gasteiger partial charge >= 0.3 is 0 Å². The van der Waals surface area contributed by atoms with Crippen molar-refractivity contribution in [1.29, 1.82) is 0 Å². The lowest BCUT2D eigenvalue weighted by molar-refractivity contribution is -0.379. The molecular formula is C71H121NO18. The van der Waals surface area contributed by atoms with E-state index in [-0.39, 0.29) is 6.42 Å². The van der Waals surface area contributed by atoms with Crippen molar-refractivity contribution in [1.82, 2.24) is 5.32 Å². The van der Waals surface area contributed by atoms with E-state index in [4.69, 9.17) is 28.4 Å².